The van der Waals surface area contributed by atoms with E-state index in [0.29, 0.717) is 11.3 Å². The lowest BCUT2D eigenvalue weighted by molar-refractivity contribution is -0.118. The van der Waals surface area contributed by atoms with E-state index in [1.807, 2.05) is 67.6 Å². The highest BCUT2D eigenvalue weighted by Crippen LogP contribution is 2.16. The Balaban J connectivity index is 1.54. The third-order valence-corrected chi connectivity index (χ3v) is 4.91. The maximum Gasteiger partial charge on any atom is 0.252 e. The second kappa shape index (κ2) is 8.61. The quantitative estimate of drug-likeness (QED) is 0.519. The molecule has 0 fully saturated rings. The first-order valence-corrected chi connectivity index (χ1v) is 9.71. The molecule has 1 aromatic heterocycles. The van der Waals surface area contributed by atoms with Crippen LogP contribution in [0.25, 0.3) is 10.8 Å². The van der Waals surface area contributed by atoms with E-state index in [1.54, 1.807) is 29.4 Å². The lowest BCUT2D eigenvalue weighted by Crippen LogP contribution is -2.46. The molecule has 0 radical (unpaired) electrons. The molecule has 30 heavy (non-hydrogen) atoms. The van der Waals surface area contributed by atoms with Crippen molar-refractivity contribution in [2.75, 3.05) is 5.32 Å². The summed E-state index contributed by atoms with van der Waals surface area (Å²) in [5.74, 6) is -0.591. The molecule has 1 atom stereocenters. The molecule has 0 spiro atoms. The number of imidazole rings is 1. The van der Waals surface area contributed by atoms with E-state index in [0.717, 1.165) is 16.3 Å². The maximum atomic E-state index is 12.9. The van der Waals surface area contributed by atoms with Crippen LogP contribution in [0.5, 0.6) is 0 Å². The van der Waals surface area contributed by atoms with Crippen molar-refractivity contribution < 1.29 is 9.59 Å². The Morgan fingerprint density at radius 2 is 1.77 bits per heavy atom. The van der Waals surface area contributed by atoms with Crippen molar-refractivity contribution in [2.24, 2.45) is 0 Å². The predicted molar refractivity (Wildman–Crippen MR) is 117 cm³/mol. The Bertz CT molecular complexity index is 1170. The standard InChI is InChI=1S/C24H22N4O2/c1-17-6-10-21(11-7-17)26-24(30)22(15-28-13-12-25-16-28)27-23(29)20-9-8-18-4-2-3-5-19(18)14-20/h2-14,16,22H,15H2,1H3,(H,26,30)(H,27,29). The molecule has 0 saturated heterocycles. The third-order valence-electron chi connectivity index (χ3n) is 4.91. The molecule has 2 N–H and O–H groups in total. The molecule has 6 heteroatoms. The summed E-state index contributed by atoms with van der Waals surface area (Å²) < 4.78 is 1.76. The minimum atomic E-state index is -0.764. The molecule has 150 valence electrons. The second-order valence-corrected chi connectivity index (χ2v) is 7.20. The van der Waals surface area contributed by atoms with Crippen LogP contribution in [0.15, 0.2) is 85.5 Å². The number of aryl methyl sites for hydroxylation is 1. The molecule has 0 aliphatic rings. The van der Waals surface area contributed by atoms with Gasteiger partial charge in [-0.25, -0.2) is 4.98 Å². The number of amides is 2. The molecular weight excluding hydrogens is 376 g/mol. The molecule has 0 aliphatic heterocycles. The first-order chi connectivity index (χ1) is 14.6. The summed E-state index contributed by atoms with van der Waals surface area (Å²) in [6.07, 6.45) is 5.02. The van der Waals surface area contributed by atoms with Gasteiger partial charge in [0.15, 0.2) is 0 Å². The average molecular weight is 398 g/mol. The molecular formula is C24H22N4O2. The average Bonchev–Trinajstić information content (AvgIpc) is 3.27. The van der Waals surface area contributed by atoms with E-state index in [-0.39, 0.29) is 18.4 Å². The number of fused-ring (bicyclic) bond motifs is 1. The highest BCUT2D eigenvalue weighted by atomic mass is 16.2. The predicted octanol–water partition coefficient (Wildman–Crippen LogP) is 3.78. The van der Waals surface area contributed by atoms with Crippen LogP contribution in [0.2, 0.25) is 0 Å². The summed E-state index contributed by atoms with van der Waals surface area (Å²) in [6, 6.07) is 20.1. The summed E-state index contributed by atoms with van der Waals surface area (Å²) in [7, 11) is 0. The first-order valence-electron chi connectivity index (χ1n) is 9.71. The zero-order valence-electron chi connectivity index (χ0n) is 16.6. The number of nitrogens with zero attached hydrogens (tertiary/aromatic N) is 2. The summed E-state index contributed by atoms with van der Waals surface area (Å²) >= 11 is 0. The van der Waals surface area contributed by atoms with E-state index >= 15 is 0 Å². The number of nitrogens with one attached hydrogen (secondary N) is 2. The molecule has 0 saturated carbocycles. The molecule has 1 heterocycles. The van der Waals surface area contributed by atoms with Gasteiger partial charge < -0.3 is 15.2 Å². The molecule has 2 amide bonds. The zero-order chi connectivity index (χ0) is 20.9. The summed E-state index contributed by atoms with van der Waals surface area (Å²) in [4.78, 5) is 29.9. The molecule has 4 rings (SSSR count). The fraction of sp³-hybridized carbons (Fsp3) is 0.125. The van der Waals surface area contributed by atoms with Gasteiger partial charge in [-0.2, -0.15) is 0 Å². The zero-order valence-corrected chi connectivity index (χ0v) is 16.6. The number of carbonyl (C=O) groups excluding carboxylic acids is 2. The van der Waals surface area contributed by atoms with Crippen molar-refractivity contribution in [1.29, 1.82) is 0 Å². The monoisotopic (exact) mass is 398 g/mol. The minimum Gasteiger partial charge on any atom is -0.339 e. The molecule has 3 aromatic carbocycles. The van der Waals surface area contributed by atoms with E-state index in [1.165, 1.54) is 0 Å². The largest absolute Gasteiger partial charge is 0.339 e. The van der Waals surface area contributed by atoms with Gasteiger partial charge in [0.25, 0.3) is 5.91 Å². The van der Waals surface area contributed by atoms with Crippen molar-refractivity contribution >= 4 is 28.3 Å². The molecule has 1 unspecified atom stereocenters. The summed E-state index contributed by atoms with van der Waals surface area (Å²) in [5.41, 5.74) is 2.29. The van der Waals surface area contributed by atoms with Crippen molar-refractivity contribution in [2.45, 2.75) is 19.5 Å². The number of rotatable bonds is 6. The van der Waals surface area contributed by atoms with Gasteiger partial charge in [0.1, 0.15) is 6.04 Å². The lowest BCUT2D eigenvalue weighted by atomic mass is 10.1. The van der Waals surface area contributed by atoms with Gasteiger partial charge in [0, 0.05) is 23.6 Å². The summed E-state index contributed by atoms with van der Waals surface area (Å²) in [5, 5.41) is 7.78. The normalized spacial score (nSPS) is 11.8. The molecule has 0 bridgehead atoms. The molecule has 0 aliphatic carbocycles. The Morgan fingerprint density at radius 1 is 1.00 bits per heavy atom. The first kappa shape index (κ1) is 19.4. The van der Waals surface area contributed by atoms with Gasteiger partial charge in [-0.1, -0.05) is 48.0 Å². The van der Waals surface area contributed by atoms with Crippen LogP contribution in [-0.4, -0.2) is 27.4 Å². The Labute approximate surface area is 174 Å². The molecule has 6 nitrogen and oxygen atoms in total. The van der Waals surface area contributed by atoms with Crippen LogP contribution in [0.3, 0.4) is 0 Å². The Hall–Kier alpha value is -3.93. The number of aromatic nitrogens is 2. The van der Waals surface area contributed by atoms with E-state index < -0.39 is 6.04 Å². The lowest BCUT2D eigenvalue weighted by Gasteiger charge is -2.19. The van der Waals surface area contributed by atoms with Crippen LogP contribution >= 0.6 is 0 Å². The topological polar surface area (TPSA) is 76.0 Å². The Morgan fingerprint density at radius 3 is 2.50 bits per heavy atom. The van der Waals surface area contributed by atoms with Crippen molar-refractivity contribution in [3.63, 3.8) is 0 Å². The highest BCUT2D eigenvalue weighted by molar-refractivity contribution is 6.02. The number of carbonyl (C=O) groups is 2. The van der Waals surface area contributed by atoms with Crippen molar-refractivity contribution in [3.05, 3.63) is 96.6 Å². The fourth-order valence-corrected chi connectivity index (χ4v) is 3.24. The van der Waals surface area contributed by atoms with Crippen molar-refractivity contribution in [3.8, 4) is 0 Å². The van der Waals surface area contributed by atoms with Gasteiger partial charge in [-0.05, 0) is 42.0 Å². The van der Waals surface area contributed by atoms with E-state index in [2.05, 4.69) is 15.6 Å². The van der Waals surface area contributed by atoms with Crippen molar-refractivity contribution in [1.82, 2.24) is 14.9 Å². The number of benzene rings is 3. The number of hydrogen-bond donors (Lipinski definition) is 2. The number of hydrogen-bond acceptors (Lipinski definition) is 3. The fourth-order valence-electron chi connectivity index (χ4n) is 3.24. The maximum absolute atomic E-state index is 12.9. The minimum absolute atomic E-state index is 0.275. The van der Waals surface area contributed by atoms with Gasteiger partial charge in [-0.15, -0.1) is 0 Å². The highest BCUT2D eigenvalue weighted by Gasteiger charge is 2.22. The van der Waals surface area contributed by atoms with Crippen LogP contribution < -0.4 is 10.6 Å². The van der Waals surface area contributed by atoms with Gasteiger partial charge in [0.2, 0.25) is 5.91 Å². The van der Waals surface area contributed by atoms with E-state index in [4.69, 9.17) is 0 Å². The van der Waals surface area contributed by atoms with Crippen LogP contribution in [0, 0.1) is 6.92 Å². The van der Waals surface area contributed by atoms with Crippen LogP contribution in [0.1, 0.15) is 15.9 Å². The smallest absolute Gasteiger partial charge is 0.252 e. The van der Waals surface area contributed by atoms with Gasteiger partial charge >= 0.3 is 0 Å². The number of anilines is 1. The van der Waals surface area contributed by atoms with Crippen LogP contribution in [-0.2, 0) is 11.3 Å². The Kier molecular flexibility index (Phi) is 5.57. The summed E-state index contributed by atoms with van der Waals surface area (Å²) in [6.45, 7) is 2.26. The molecule has 4 aromatic rings. The van der Waals surface area contributed by atoms with E-state index in [9.17, 15) is 9.59 Å². The van der Waals surface area contributed by atoms with Gasteiger partial charge in [-0.3, -0.25) is 9.59 Å². The second-order valence-electron chi connectivity index (χ2n) is 7.20. The van der Waals surface area contributed by atoms with Gasteiger partial charge in [0.05, 0.1) is 12.9 Å². The SMILES string of the molecule is Cc1ccc(NC(=O)C(Cn2ccnc2)NC(=O)c2ccc3ccccc3c2)cc1. The third kappa shape index (κ3) is 4.55. The van der Waals surface area contributed by atoms with Crippen LogP contribution in [0.4, 0.5) is 5.69 Å².